The minimum absolute atomic E-state index is 0. The number of rotatable bonds is 3. The van der Waals surface area contributed by atoms with Crippen molar-refractivity contribution in [2.45, 2.75) is 19.4 Å². The van der Waals surface area contributed by atoms with E-state index in [1.807, 2.05) is 0 Å². The van der Waals surface area contributed by atoms with Gasteiger partial charge in [-0.15, -0.1) is 12.4 Å². The maximum absolute atomic E-state index is 13.5. The Balaban J connectivity index is 0.00000220. The standard InChI is InChI=1S/C13H16FN3O3.ClH/c1-8-5-9(14)6-11(12(8)17(19)20)13(18)16(2)10-3-4-15-7-10;/h5-6,10,15H,3-4,7H2,1-2H3;1H. The maximum Gasteiger partial charge on any atom is 0.285 e. The number of nitro benzene ring substituents is 1. The summed E-state index contributed by atoms with van der Waals surface area (Å²) in [5.74, 6) is -1.16. The van der Waals surface area contributed by atoms with Crippen LogP contribution in [0, 0.1) is 22.9 Å². The van der Waals surface area contributed by atoms with Gasteiger partial charge in [0.25, 0.3) is 11.6 Å². The van der Waals surface area contributed by atoms with Crippen LogP contribution in [0.1, 0.15) is 22.3 Å². The van der Waals surface area contributed by atoms with E-state index in [0.29, 0.717) is 6.54 Å². The molecule has 1 N–H and O–H groups in total. The average Bonchev–Trinajstić information content (AvgIpc) is 2.89. The van der Waals surface area contributed by atoms with Crippen molar-refractivity contribution in [3.05, 3.63) is 39.2 Å². The summed E-state index contributed by atoms with van der Waals surface area (Å²) in [7, 11) is 1.59. The van der Waals surface area contributed by atoms with Gasteiger partial charge >= 0.3 is 0 Å². The lowest BCUT2D eigenvalue weighted by Gasteiger charge is -2.23. The number of hydrogen-bond donors (Lipinski definition) is 1. The van der Waals surface area contributed by atoms with Crippen LogP contribution in [0.4, 0.5) is 10.1 Å². The first-order valence-electron chi connectivity index (χ1n) is 6.34. The molecule has 6 nitrogen and oxygen atoms in total. The normalized spacial score (nSPS) is 17.2. The van der Waals surface area contributed by atoms with Crippen LogP contribution in [0.15, 0.2) is 12.1 Å². The molecule has 1 fully saturated rings. The van der Waals surface area contributed by atoms with Crippen molar-refractivity contribution in [1.82, 2.24) is 10.2 Å². The topological polar surface area (TPSA) is 75.5 Å². The van der Waals surface area contributed by atoms with E-state index in [1.54, 1.807) is 7.05 Å². The highest BCUT2D eigenvalue weighted by Gasteiger charge is 2.30. The van der Waals surface area contributed by atoms with Crippen molar-refractivity contribution in [3.63, 3.8) is 0 Å². The highest BCUT2D eigenvalue weighted by Crippen LogP contribution is 2.26. The molecule has 1 atom stereocenters. The lowest BCUT2D eigenvalue weighted by Crippen LogP contribution is -2.38. The molecule has 0 saturated carbocycles. The molecule has 1 saturated heterocycles. The predicted octanol–water partition coefficient (Wildman–Crippen LogP) is 1.90. The highest BCUT2D eigenvalue weighted by atomic mass is 35.5. The summed E-state index contributed by atoms with van der Waals surface area (Å²) in [6.45, 7) is 2.87. The second kappa shape index (κ2) is 6.82. The number of halogens is 2. The summed E-state index contributed by atoms with van der Waals surface area (Å²) in [5.41, 5.74) is -0.368. The number of likely N-dealkylation sites (N-methyl/N-ethyl adjacent to an activating group) is 1. The molecule has 2 rings (SSSR count). The first kappa shape index (κ1) is 17.3. The molecule has 1 aromatic rings. The van der Waals surface area contributed by atoms with E-state index in [4.69, 9.17) is 0 Å². The van der Waals surface area contributed by atoms with Gasteiger partial charge in [0.05, 0.1) is 4.92 Å². The first-order chi connectivity index (χ1) is 9.41. The Morgan fingerprint density at radius 1 is 1.52 bits per heavy atom. The van der Waals surface area contributed by atoms with Crippen molar-refractivity contribution in [2.75, 3.05) is 20.1 Å². The monoisotopic (exact) mass is 317 g/mol. The van der Waals surface area contributed by atoms with Crippen LogP contribution in [0.25, 0.3) is 0 Å². The number of hydrogen-bond acceptors (Lipinski definition) is 4. The molecule has 0 spiro atoms. The van der Waals surface area contributed by atoms with Crippen LogP contribution in [-0.4, -0.2) is 41.9 Å². The van der Waals surface area contributed by atoms with E-state index < -0.39 is 16.6 Å². The number of nitro groups is 1. The van der Waals surface area contributed by atoms with Gasteiger partial charge in [0.2, 0.25) is 0 Å². The number of benzene rings is 1. The second-order valence-corrected chi connectivity index (χ2v) is 4.94. The van der Waals surface area contributed by atoms with E-state index in [-0.39, 0.29) is 35.3 Å². The molecular formula is C13H17ClFN3O3. The van der Waals surface area contributed by atoms with E-state index >= 15 is 0 Å². The number of amides is 1. The molecule has 1 aromatic carbocycles. The zero-order chi connectivity index (χ0) is 14.9. The SMILES string of the molecule is Cc1cc(F)cc(C(=O)N(C)C2CCNC2)c1[N+](=O)[O-].Cl. The van der Waals surface area contributed by atoms with Crippen LogP contribution in [0.3, 0.4) is 0 Å². The number of aryl methyl sites for hydroxylation is 1. The molecule has 1 unspecified atom stereocenters. The number of carbonyl (C=O) groups is 1. The lowest BCUT2D eigenvalue weighted by atomic mass is 10.1. The van der Waals surface area contributed by atoms with Crippen LogP contribution in [0.5, 0.6) is 0 Å². The van der Waals surface area contributed by atoms with Crippen molar-refractivity contribution < 1.29 is 14.1 Å². The number of nitrogens with zero attached hydrogens (tertiary/aromatic N) is 2. The van der Waals surface area contributed by atoms with E-state index in [9.17, 15) is 19.3 Å². The predicted molar refractivity (Wildman–Crippen MR) is 78.4 cm³/mol. The average molecular weight is 318 g/mol. The van der Waals surface area contributed by atoms with Gasteiger partial charge in [-0.1, -0.05) is 0 Å². The van der Waals surface area contributed by atoms with Crippen molar-refractivity contribution >= 4 is 24.0 Å². The smallest absolute Gasteiger partial charge is 0.285 e. The summed E-state index contributed by atoms with van der Waals surface area (Å²) in [6.07, 6.45) is 0.782. The van der Waals surface area contributed by atoms with Crippen LogP contribution in [0.2, 0.25) is 0 Å². The Labute approximate surface area is 127 Å². The Bertz CT molecular complexity index is 562. The van der Waals surface area contributed by atoms with Gasteiger partial charge in [-0.3, -0.25) is 14.9 Å². The van der Waals surface area contributed by atoms with E-state index in [2.05, 4.69) is 5.32 Å². The molecule has 0 aromatic heterocycles. The van der Waals surface area contributed by atoms with Gasteiger partial charge in [0, 0.05) is 25.2 Å². The second-order valence-electron chi connectivity index (χ2n) is 4.94. The fourth-order valence-electron chi connectivity index (χ4n) is 2.47. The third-order valence-corrected chi connectivity index (χ3v) is 3.58. The third-order valence-electron chi connectivity index (χ3n) is 3.58. The summed E-state index contributed by atoms with van der Waals surface area (Å²) < 4.78 is 13.5. The van der Waals surface area contributed by atoms with Crippen molar-refractivity contribution in [2.24, 2.45) is 0 Å². The van der Waals surface area contributed by atoms with Crippen LogP contribution < -0.4 is 5.32 Å². The summed E-state index contributed by atoms with van der Waals surface area (Å²) in [4.78, 5) is 24.3. The fraction of sp³-hybridized carbons (Fsp3) is 0.462. The van der Waals surface area contributed by atoms with Gasteiger partial charge in [0.15, 0.2) is 0 Å². The Hall–Kier alpha value is -1.73. The molecule has 0 bridgehead atoms. The minimum Gasteiger partial charge on any atom is -0.337 e. The molecule has 1 aliphatic heterocycles. The summed E-state index contributed by atoms with van der Waals surface area (Å²) >= 11 is 0. The van der Waals surface area contributed by atoms with Crippen molar-refractivity contribution in [1.29, 1.82) is 0 Å². The zero-order valence-electron chi connectivity index (χ0n) is 11.8. The minimum atomic E-state index is -0.644. The zero-order valence-corrected chi connectivity index (χ0v) is 12.6. The lowest BCUT2D eigenvalue weighted by molar-refractivity contribution is -0.385. The Morgan fingerprint density at radius 2 is 2.19 bits per heavy atom. The van der Waals surface area contributed by atoms with Crippen molar-refractivity contribution in [3.8, 4) is 0 Å². The van der Waals surface area contributed by atoms with Gasteiger partial charge in [-0.05, 0) is 32.0 Å². The number of carbonyl (C=O) groups excluding carboxylic acids is 1. The molecule has 1 amide bonds. The molecule has 8 heteroatoms. The third kappa shape index (κ3) is 3.48. The van der Waals surface area contributed by atoms with Gasteiger partial charge in [-0.2, -0.15) is 0 Å². The van der Waals surface area contributed by atoms with Gasteiger partial charge in [0.1, 0.15) is 11.4 Å². The van der Waals surface area contributed by atoms with E-state index in [1.165, 1.54) is 11.8 Å². The molecule has 116 valence electrons. The first-order valence-corrected chi connectivity index (χ1v) is 6.34. The highest BCUT2D eigenvalue weighted by molar-refractivity contribution is 5.98. The van der Waals surface area contributed by atoms with Crippen LogP contribution >= 0.6 is 12.4 Å². The summed E-state index contributed by atoms with van der Waals surface area (Å²) in [6, 6.07) is 1.98. The molecule has 0 radical (unpaired) electrons. The quantitative estimate of drug-likeness (QED) is 0.682. The summed E-state index contributed by atoms with van der Waals surface area (Å²) in [5, 5.41) is 14.2. The molecule has 21 heavy (non-hydrogen) atoms. The largest absolute Gasteiger partial charge is 0.337 e. The molecule has 0 aliphatic carbocycles. The van der Waals surface area contributed by atoms with Gasteiger partial charge in [-0.25, -0.2) is 4.39 Å². The van der Waals surface area contributed by atoms with Crippen LogP contribution in [-0.2, 0) is 0 Å². The molecule has 1 heterocycles. The Morgan fingerprint density at radius 3 is 2.71 bits per heavy atom. The number of nitrogens with one attached hydrogen (secondary N) is 1. The van der Waals surface area contributed by atoms with E-state index in [0.717, 1.165) is 25.1 Å². The maximum atomic E-state index is 13.5. The molecular weight excluding hydrogens is 301 g/mol. The Kier molecular flexibility index (Phi) is 5.62. The fourth-order valence-corrected chi connectivity index (χ4v) is 2.47. The van der Waals surface area contributed by atoms with Gasteiger partial charge < -0.3 is 10.2 Å². The molecule has 1 aliphatic rings.